The maximum atomic E-state index is 13.4. The van der Waals surface area contributed by atoms with Crippen LogP contribution in [0.2, 0.25) is 0 Å². The maximum Gasteiger partial charge on any atom is 0.446 e. The van der Waals surface area contributed by atoms with Gasteiger partial charge >= 0.3 is 10.4 Å². The van der Waals surface area contributed by atoms with Crippen molar-refractivity contribution in [2.24, 2.45) is 0 Å². The molecule has 36 heavy (non-hydrogen) atoms. The second kappa shape index (κ2) is 9.12. The van der Waals surface area contributed by atoms with Gasteiger partial charge in [0.25, 0.3) is 0 Å². The number of rotatable bonds is 5. The molecule has 1 fully saturated rings. The van der Waals surface area contributed by atoms with E-state index in [-0.39, 0.29) is 11.1 Å². The summed E-state index contributed by atoms with van der Waals surface area (Å²) >= 11 is 0. The molecule has 4 rings (SSSR count). The number of aliphatic hydroxyl groups is 3. The summed E-state index contributed by atoms with van der Waals surface area (Å²) in [6, 6.07) is 4.80. The van der Waals surface area contributed by atoms with Crippen LogP contribution in [0.1, 0.15) is 6.92 Å². The number of aromatic hydroxyl groups is 3. The molecule has 0 bridgehead atoms. The van der Waals surface area contributed by atoms with Crippen LogP contribution in [-0.4, -0.2) is 74.3 Å². The van der Waals surface area contributed by atoms with Crippen molar-refractivity contribution < 1.29 is 61.7 Å². The highest BCUT2D eigenvalue weighted by Gasteiger charge is 2.44. The van der Waals surface area contributed by atoms with E-state index >= 15 is 0 Å². The Morgan fingerprint density at radius 1 is 0.944 bits per heavy atom. The molecule has 14 nitrogen and oxygen atoms in total. The van der Waals surface area contributed by atoms with Crippen LogP contribution in [-0.2, 0) is 15.1 Å². The predicted octanol–water partition coefficient (Wildman–Crippen LogP) is -0.0353. The fourth-order valence-electron chi connectivity index (χ4n) is 3.63. The second-order valence-corrected chi connectivity index (χ2v) is 8.94. The van der Waals surface area contributed by atoms with Crippen molar-refractivity contribution in [3.8, 4) is 40.1 Å². The first-order valence-corrected chi connectivity index (χ1v) is 11.5. The lowest BCUT2D eigenvalue weighted by atomic mass is 10.00. The number of hydrogen-bond acceptors (Lipinski definition) is 13. The lowest BCUT2D eigenvalue weighted by Crippen LogP contribution is -2.58. The van der Waals surface area contributed by atoms with Crippen molar-refractivity contribution in [1.82, 2.24) is 0 Å². The molecule has 5 atom stereocenters. The summed E-state index contributed by atoms with van der Waals surface area (Å²) in [6.07, 6.45) is -7.80. The first-order chi connectivity index (χ1) is 16.8. The summed E-state index contributed by atoms with van der Waals surface area (Å²) in [5.41, 5.74) is -1.53. The highest BCUT2D eigenvalue weighted by Crippen LogP contribution is 2.40. The van der Waals surface area contributed by atoms with E-state index in [0.29, 0.717) is 0 Å². The summed E-state index contributed by atoms with van der Waals surface area (Å²) in [5, 5.41) is 59.8. The van der Waals surface area contributed by atoms with Crippen molar-refractivity contribution in [3.05, 3.63) is 40.6 Å². The van der Waals surface area contributed by atoms with Gasteiger partial charge in [0.1, 0.15) is 40.8 Å². The smallest absolute Gasteiger partial charge is 0.446 e. The standard InChI is InChI=1S/C21H20O14S/c1-7-15(25)17(27)18(28)21(32-7)34-20-16(26)14-11(24)5-9(22)6-13(14)33-19(20)8-2-3-10(23)12(4-8)35-36(29,30)31/h2-7,15,17-18,21-25,27-28H,1H3,(H,29,30,31)/t7-,15+,17-,18+,21+/m1/s1. The number of aliphatic hydroxyl groups excluding tert-OH is 3. The molecule has 194 valence electrons. The van der Waals surface area contributed by atoms with Gasteiger partial charge in [-0.15, -0.1) is 0 Å². The molecule has 1 aliphatic rings. The van der Waals surface area contributed by atoms with Crippen molar-refractivity contribution >= 4 is 21.4 Å². The van der Waals surface area contributed by atoms with E-state index in [1.54, 1.807) is 0 Å². The number of benzene rings is 2. The highest BCUT2D eigenvalue weighted by atomic mass is 32.3. The maximum absolute atomic E-state index is 13.4. The number of fused-ring (bicyclic) bond motifs is 1. The summed E-state index contributed by atoms with van der Waals surface area (Å²) < 4.78 is 52.1. The van der Waals surface area contributed by atoms with Crippen molar-refractivity contribution in [2.45, 2.75) is 37.6 Å². The number of phenols is 3. The average molecular weight is 528 g/mol. The van der Waals surface area contributed by atoms with Gasteiger partial charge in [-0.25, -0.2) is 0 Å². The molecule has 0 amide bonds. The molecule has 1 aliphatic heterocycles. The zero-order valence-electron chi connectivity index (χ0n) is 18.2. The largest absolute Gasteiger partial charge is 0.508 e. The van der Waals surface area contributed by atoms with E-state index in [1.807, 2.05) is 0 Å². The molecule has 2 aromatic carbocycles. The zero-order chi connectivity index (χ0) is 26.5. The Kier molecular flexibility index (Phi) is 6.46. The van der Waals surface area contributed by atoms with E-state index in [0.717, 1.165) is 30.3 Å². The van der Waals surface area contributed by atoms with Gasteiger partial charge in [0, 0.05) is 17.7 Å². The number of phenolic OH excluding ortho intramolecular Hbond substituents is 3. The molecule has 2 heterocycles. The molecule has 1 saturated heterocycles. The Bertz CT molecular complexity index is 1480. The molecule has 0 aliphatic carbocycles. The summed E-state index contributed by atoms with van der Waals surface area (Å²) in [6.45, 7) is 1.37. The molecule has 3 aromatic rings. The van der Waals surface area contributed by atoms with Crippen LogP contribution >= 0.6 is 0 Å². The SMILES string of the molecule is C[C@H]1O[C@@H](Oc2c(-c3ccc(O)c(OS(=O)(=O)O)c3)oc3cc(O)cc(O)c3c2=O)[C@@H](O)[C@H](O)[C@H]1O. The number of ether oxygens (including phenoxy) is 2. The summed E-state index contributed by atoms with van der Waals surface area (Å²) in [5.74, 6) is -3.81. The lowest BCUT2D eigenvalue weighted by Gasteiger charge is -2.38. The third-order valence-electron chi connectivity index (χ3n) is 5.38. The van der Waals surface area contributed by atoms with Gasteiger partial charge in [0.2, 0.25) is 17.5 Å². The van der Waals surface area contributed by atoms with E-state index in [9.17, 15) is 43.9 Å². The lowest BCUT2D eigenvalue weighted by molar-refractivity contribution is -0.268. The molecular weight excluding hydrogens is 508 g/mol. The van der Waals surface area contributed by atoms with Gasteiger partial charge in [-0.2, -0.15) is 8.42 Å². The van der Waals surface area contributed by atoms with Gasteiger partial charge in [0.15, 0.2) is 17.3 Å². The molecule has 15 heteroatoms. The van der Waals surface area contributed by atoms with Crippen LogP contribution in [0, 0.1) is 0 Å². The normalized spacial score (nSPS) is 24.5. The Morgan fingerprint density at radius 3 is 2.31 bits per heavy atom. The van der Waals surface area contributed by atoms with Crippen molar-refractivity contribution in [1.29, 1.82) is 0 Å². The second-order valence-electron chi connectivity index (χ2n) is 7.92. The summed E-state index contributed by atoms with van der Waals surface area (Å²) in [7, 11) is -5.06. The van der Waals surface area contributed by atoms with Crippen molar-refractivity contribution in [3.63, 3.8) is 0 Å². The van der Waals surface area contributed by atoms with Gasteiger partial charge in [-0.1, -0.05) is 0 Å². The van der Waals surface area contributed by atoms with Crippen molar-refractivity contribution in [2.75, 3.05) is 0 Å². The van der Waals surface area contributed by atoms with Gasteiger partial charge < -0.3 is 48.7 Å². The Morgan fingerprint density at radius 2 is 1.64 bits per heavy atom. The van der Waals surface area contributed by atoms with Crippen LogP contribution in [0.4, 0.5) is 0 Å². The Balaban J connectivity index is 1.93. The first-order valence-electron chi connectivity index (χ1n) is 10.2. The Hall–Kier alpha value is -3.60. The fraction of sp³-hybridized carbons (Fsp3) is 0.286. The third kappa shape index (κ3) is 4.75. The van der Waals surface area contributed by atoms with E-state index in [1.165, 1.54) is 6.92 Å². The quantitative estimate of drug-likeness (QED) is 0.215. The molecule has 0 saturated carbocycles. The van der Waals surface area contributed by atoms with Crippen LogP contribution in [0.25, 0.3) is 22.3 Å². The minimum atomic E-state index is -5.06. The van der Waals surface area contributed by atoms with Gasteiger partial charge in [-0.05, 0) is 25.1 Å². The van der Waals surface area contributed by atoms with Gasteiger partial charge in [0.05, 0.1) is 6.10 Å². The first kappa shape index (κ1) is 25.5. The van der Waals surface area contributed by atoms with Crippen LogP contribution in [0.15, 0.2) is 39.5 Å². The number of hydrogen-bond donors (Lipinski definition) is 7. The molecule has 7 N–H and O–H groups in total. The minimum absolute atomic E-state index is 0.165. The van der Waals surface area contributed by atoms with Gasteiger partial charge in [-0.3, -0.25) is 9.35 Å². The Labute approximate surface area is 201 Å². The van der Waals surface area contributed by atoms with E-state index in [2.05, 4.69) is 4.18 Å². The summed E-state index contributed by atoms with van der Waals surface area (Å²) in [4.78, 5) is 13.4. The van der Waals surface area contributed by atoms with Crippen LogP contribution in [0.5, 0.6) is 28.7 Å². The van der Waals surface area contributed by atoms with E-state index < -0.39 is 86.4 Å². The molecule has 0 spiro atoms. The average Bonchev–Trinajstić information content (AvgIpc) is 2.77. The molecular formula is C21H20O14S. The molecule has 0 unspecified atom stereocenters. The predicted molar refractivity (Wildman–Crippen MR) is 118 cm³/mol. The topological polar surface area (TPSA) is 234 Å². The third-order valence-corrected chi connectivity index (χ3v) is 5.77. The monoisotopic (exact) mass is 528 g/mol. The van der Waals surface area contributed by atoms with E-state index in [4.69, 9.17) is 18.4 Å². The van der Waals surface area contributed by atoms with Crippen LogP contribution < -0.4 is 14.3 Å². The van der Waals surface area contributed by atoms with Crippen LogP contribution in [0.3, 0.4) is 0 Å². The minimum Gasteiger partial charge on any atom is -0.508 e. The highest BCUT2D eigenvalue weighted by molar-refractivity contribution is 7.81. The zero-order valence-corrected chi connectivity index (χ0v) is 19.0. The molecule has 1 aromatic heterocycles. The molecule has 0 radical (unpaired) electrons. The fourth-order valence-corrected chi connectivity index (χ4v) is 3.99.